The first-order valence-electron chi connectivity index (χ1n) is 8.29. The third-order valence-electron chi connectivity index (χ3n) is 4.68. The Morgan fingerprint density at radius 3 is 2.61 bits per heavy atom. The van der Waals surface area contributed by atoms with Crippen LogP contribution in [0.5, 0.6) is 0 Å². The minimum absolute atomic E-state index is 0.0256. The van der Waals surface area contributed by atoms with E-state index in [0.29, 0.717) is 13.0 Å². The first-order chi connectivity index (χ1) is 11.1. The predicted molar refractivity (Wildman–Crippen MR) is 90.3 cm³/mol. The Morgan fingerprint density at radius 2 is 2.00 bits per heavy atom. The van der Waals surface area contributed by atoms with Gasteiger partial charge < -0.3 is 15.7 Å². The van der Waals surface area contributed by atoms with Crippen molar-refractivity contribution in [1.29, 1.82) is 0 Å². The van der Waals surface area contributed by atoms with E-state index in [1.807, 2.05) is 12.1 Å². The third-order valence-corrected chi connectivity index (χ3v) is 4.93. The van der Waals surface area contributed by atoms with Crippen LogP contribution in [-0.4, -0.2) is 53.7 Å². The number of nitrogens with one attached hydrogen (secondary N) is 2. The van der Waals surface area contributed by atoms with Gasteiger partial charge in [0, 0.05) is 37.2 Å². The molecule has 23 heavy (non-hydrogen) atoms. The largest absolute Gasteiger partial charge is 0.392 e. The number of piperidine rings is 1. The number of β-amino-alcohol motifs (C(OH)–C–C–N with tert-alkyl or cyclic N) is 1. The number of halogens is 1. The monoisotopic (exact) mass is 337 g/mol. The van der Waals surface area contributed by atoms with Crippen LogP contribution < -0.4 is 10.6 Å². The number of hydrogen-bond donors (Lipinski definition) is 3. The first kappa shape index (κ1) is 16.7. The van der Waals surface area contributed by atoms with E-state index in [9.17, 15) is 9.90 Å². The number of rotatable bonds is 4. The molecular weight excluding hydrogens is 314 g/mol. The van der Waals surface area contributed by atoms with Crippen molar-refractivity contribution in [2.24, 2.45) is 0 Å². The highest BCUT2D eigenvalue weighted by Gasteiger charge is 2.30. The number of amides is 1. The molecule has 2 saturated heterocycles. The lowest BCUT2D eigenvalue weighted by molar-refractivity contribution is -0.124. The van der Waals surface area contributed by atoms with Gasteiger partial charge in [0.2, 0.25) is 5.91 Å². The average Bonchev–Trinajstić information content (AvgIpc) is 2.98. The second-order valence-corrected chi connectivity index (χ2v) is 6.97. The summed E-state index contributed by atoms with van der Waals surface area (Å²) in [5.41, 5.74) is 1.26. The van der Waals surface area contributed by atoms with Gasteiger partial charge in [0.1, 0.15) is 0 Å². The molecule has 0 bridgehead atoms. The SMILES string of the molecule is O=C(NC1CCN(Cc2ccc(Cl)cc2)CC1)C1CC(O)CN1. The molecule has 2 atom stereocenters. The molecule has 2 aliphatic heterocycles. The maximum absolute atomic E-state index is 12.2. The van der Waals surface area contributed by atoms with Crippen molar-refractivity contribution in [2.75, 3.05) is 19.6 Å². The topological polar surface area (TPSA) is 64.6 Å². The molecule has 0 saturated carbocycles. The van der Waals surface area contributed by atoms with Crippen LogP contribution >= 0.6 is 11.6 Å². The molecule has 3 N–H and O–H groups in total. The van der Waals surface area contributed by atoms with Crippen molar-refractivity contribution >= 4 is 17.5 Å². The van der Waals surface area contributed by atoms with Crippen LogP contribution in [0, 0.1) is 0 Å². The highest BCUT2D eigenvalue weighted by Crippen LogP contribution is 2.16. The van der Waals surface area contributed by atoms with Gasteiger partial charge in [-0.25, -0.2) is 0 Å². The van der Waals surface area contributed by atoms with Gasteiger partial charge in [0.15, 0.2) is 0 Å². The van der Waals surface area contributed by atoms with Crippen LogP contribution in [0.4, 0.5) is 0 Å². The molecule has 2 unspecified atom stereocenters. The lowest BCUT2D eigenvalue weighted by Gasteiger charge is -2.32. The molecule has 1 aromatic rings. The van der Waals surface area contributed by atoms with E-state index in [2.05, 4.69) is 27.7 Å². The van der Waals surface area contributed by atoms with Gasteiger partial charge >= 0.3 is 0 Å². The Balaban J connectivity index is 1.41. The quantitative estimate of drug-likeness (QED) is 0.771. The van der Waals surface area contributed by atoms with E-state index in [1.165, 1.54) is 5.56 Å². The zero-order chi connectivity index (χ0) is 16.2. The summed E-state index contributed by atoms with van der Waals surface area (Å²) in [4.78, 5) is 14.6. The van der Waals surface area contributed by atoms with E-state index >= 15 is 0 Å². The summed E-state index contributed by atoms with van der Waals surface area (Å²) in [5.74, 6) is 0.0256. The van der Waals surface area contributed by atoms with Gasteiger partial charge in [-0.1, -0.05) is 23.7 Å². The molecule has 3 rings (SSSR count). The summed E-state index contributed by atoms with van der Waals surface area (Å²) in [6.07, 6.45) is 2.05. The summed E-state index contributed by atoms with van der Waals surface area (Å²) in [6.45, 7) is 3.40. The van der Waals surface area contributed by atoms with Crippen LogP contribution in [0.2, 0.25) is 5.02 Å². The number of hydrogen-bond acceptors (Lipinski definition) is 4. The number of carbonyl (C=O) groups is 1. The standard InChI is InChI=1S/C17H24ClN3O2/c18-13-3-1-12(2-4-13)11-21-7-5-14(6-8-21)20-17(23)16-9-15(22)10-19-16/h1-4,14-16,19,22H,5-11H2,(H,20,23). The van der Waals surface area contributed by atoms with E-state index in [0.717, 1.165) is 37.5 Å². The number of aliphatic hydroxyl groups excluding tert-OH is 1. The Labute approximate surface area is 142 Å². The maximum atomic E-state index is 12.2. The third kappa shape index (κ3) is 4.67. The number of benzene rings is 1. The second-order valence-electron chi connectivity index (χ2n) is 6.54. The van der Waals surface area contributed by atoms with Crippen molar-refractivity contribution in [2.45, 2.75) is 44.0 Å². The summed E-state index contributed by atoms with van der Waals surface area (Å²) >= 11 is 5.91. The lowest BCUT2D eigenvalue weighted by Crippen LogP contribution is -2.49. The fourth-order valence-corrected chi connectivity index (χ4v) is 3.43. The molecule has 0 spiro atoms. The molecule has 2 fully saturated rings. The van der Waals surface area contributed by atoms with Gasteiger partial charge in [0.25, 0.3) is 0 Å². The lowest BCUT2D eigenvalue weighted by atomic mass is 10.0. The molecule has 1 aromatic carbocycles. The van der Waals surface area contributed by atoms with Crippen LogP contribution in [0.25, 0.3) is 0 Å². The van der Waals surface area contributed by atoms with Crippen LogP contribution in [0.1, 0.15) is 24.8 Å². The summed E-state index contributed by atoms with van der Waals surface area (Å²) in [5, 5.41) is 16.4. The minimum atomic E-state index is -0.396. The minimum Gasteiger partial charge on any atom is -0.392 e. The van der Waals surface area contributed by atoms with E-state index < -0.39 is 6.10 Å². The maximum Gasteiger partial charge on any atom is 0.237 e. The molecule has 0 aliphatic carbocycles. The number of nitrogens with zero attached hydrogens (tertiary/aromatic N) is 1. The van der Waals surface area contributed by atoms with Gasteiger partial charge in [-0.2, -0.15) is 0 Å². The fraction of sp³-hybridized carbons (Fsp3) is 0.588. The zero-order valence-corrected chi connectivity index (χ0v) is 13.9. The van der Waals surface area contributed by atoms with Gasteiger partial charge in [-0.15, -0.1) is 0 Å². The van der Waals surface area contributed by atoms with Gasteiger partial charge in [-0.05, 0) is 37.0 Å². The summed E-state index contributed by atoms with van der Waals surface area (Å²) < 4.78 is 0. The molecule has 0 aromatic heterocycles. The number of likely N-dealkylation sites (tertiary alicyclic amines) is 1. The number of aliphatic hydroxyl groups is 1. The molecule has 126 valence electrons. The Hall–Kier alpha value is -1.14. The highest BCUT2D eigenvalue weighted by molar-refractivity contribution is 6.30. The second kappa shape index (κ2) is 7.62. The van der Waals surface area contributed by atoms with Crippen molar-refractivity contribution < 1.29 is 9.90 Å². The summed E-state index contributed by atoms with van der Waals surface area (Å²) in [7, 11) is 0. The molecule has 2 aliphatic rings. The molecule has 5 nitrogen and oxygen atoms in total. The highest BCUT2D eigenvalue weighted by atomic mass is 35.5. The van der Waals surface area contributed by atoms with Crippen LogP contribution in [0.3, 0.4) is 0 Å². The Kier molecular flexibility index (Phi) is 5.54. The Morgan fingerprint density at radius 1 is 1.30 bits per heavy atom. The normalized spacial score (nSPS) is 26.3. The van der Waals surface area contributed by atoms with Crippen molar-refractivity contribution in [3.05, 3.63) is 34.9 Å². The number of carbonyl (C=O) groups excluding carboxylic acids is 1. The molecule has 6 heteroatoms. The van der Waals surface area contributed by atoms with Gasteiger partial charge in [-0.3, -0.25) is 9.69 Å². The van der Waals surface area contributed by atoms with Crippen LogP contribution in [-0.2, 0) is 11.3 Å². The van der Waals surface area contributed by atoms with E-state index in [4.69, 9.17) is 11.6 Å². The smallest absolute Gasteiger partial charge is 0.237 e. The van der Waals surface area contributed by atoms with Gasteiger partial charge in [0.05, 0.1) is 12.1 Å². The molecule has 2 heterocycles. The first-order valence-corrected chi connectivity index (χ1v) is 8.66. The summed E-state index contributed by atoms with van der Waals surface area (Å²) in [6, 6.07) is 7.97. The van der Waals surface area contributed by atoms with Crippen molar-refractivity contribution in [3.8, 4) is 0 Å². The van der Waals surface area contributed by atoms with Crippen molar-refractivity contribution in [1.82, 2.24) is 15.5 Å². The fourth-order valence-electron chi connectivity index (χ4n) is 3.30. The molecular formula is C17H24ClN3O2. The van der Waals surface area contributed by atoms with Crippen molar-refractivity contribution in [3.63, 3.8) is 0 Å². The molecule has 1 amide bonds. The van der Waals surface area contributed by atoms with E-state index in [1.54, 1.807) is 0 Å². The zero-order valence-electron chi connectivity index (χ0n) is 13.2. The van der Waals surface area contributed by atoms with E-state index in [-0.39, 0.29) is 18.0 Å². The molecule has 0 radical (unpaired) electrons. The average molecular weight is 338 g/mol. The van der Waals surface area contributed by atoms with Crippen LogP contribution in [0.15, 0.2) is 24.3 Å². The Bertz CT molecular complexity index is 529. The predicted octanol–water partition coefficient (Wildman–Crippen LogP) is 1.14.